The van der Waals surface area contributed by atoms with Gasteiger partial charge < -0.3 is 5.11 Å². The first-order valence-electron chi connectivity index (χ1n) is 9.66. The number of allylic oxidation sites excluding steroid dienone is 1. The van der Waals surface area contributed by atoms with Crippen molar-refractivity contribution in [1.82, 2.24) is 0 Å². The Bertz CT molecular complexity index is 520. The van der Waals surface area contributed by atoms with Gasteiger partial charge in [-0.2, -0.15) is 0 Å². The van der Waals surface area contributed by atoms with Crippen LogP contribution < -0.4 is 0 Å². The monoisotopic (exact) mass is 302 g/mol. The third kappa shape index (κ3) is 1.34. The molecule has 4 aliphatic rings. The Morgan fingerprint density at radius 1 is 1.09 bits per heavy atom. The lowest BCUT2D eigenvalue weighted by Gasteiger charge is -2.45. The number of hydrogen-bond donors (Lipinski definition) is 1. The summed E-state index contributed by atoms with van der Waals surface area (Å²) >= 11 is 0. The summed E-state index contributed by atoms with van der Waals surface area (Å²) in [6, 6.07) is 0. The van der Waals surface area contributed by atoms with Gasteiger partial charge in [0.25, 0.3) is 0 Å². The molecule has 4 rings (SSSR count). The Labute approximate surface area is 136 Å². The molecule has 7 atom stereocenters. The molecule has 0 saturated heterocycles. The first kappa shape index (κ1) is 15.2. The van der Waals surface area contributed by atoms with Gasteiger partial charge in [-0.1, -0.05) is 32.4 Å². The lowest BCUT2D eigenvalue weighted by atomic mass is 9.59. The predicted molar refractivity (Wildman–Crippen MR) is 91.5 cm³/mol. The standard InChI is InChI=1S/C21H34O/c1-6-10-21-17-9-11-18(4)15(14(2)3)7-8-16(18)20(17,21)13-12-19(21,5)22/h15-17,22H,2,6-13H2,1,3-5H3. The smallest absolute Gasteiger partial charge is 0.0684 e. The minimum atomic E-state index is -0.416. The predicted octanol–water partition coefficient (Wildman–Crippen LogP) is 5.34. The van der Waals surface area contributed by atoms with E-state index in [1.807, 2.05) is 0 Å². The lowest BCUT2D eigenvalue weighted by Crippen LogP contribution is -2.39. The summed E-state index contributed by atoms with van der Waals surface area (Å²) in [5.74, 6) is 2.37. The molecule has 4 fully saturated rings. The summed E-state index contributed by atoms with van der Waals surface area (Å²) in [6.45, 7) is 13.6. The Kier molecular flexibility index (Phi) is 2.91. The normalized spacial score (nSPS) is 58.9. The van der Waals surface area contributed by atoms with Crippen molar-refractivity contribution < 1.29 is 5.11 Å². The molecule has 0 amide bonds. The van der Waals surface area contributed by atoms with Crippen molar-refractivity contribution in [3.05, 3.63) is 12.2 Å². The molecule has 0 aromatic heterocycles. The molecule has 4 saturated carbocycles. The van der Waals surface area contributed by atoms with E-state index in [1.165, 1.54) is 50.5 Å². The molecule has 4 aliphatic carbocycles. The van der Waals surface area contributed by atoms with E-state index >= 15 is 0 Å². The van der Waals surface area contributed by atoms with Crippen LogP contribution in [0.5, 0.6) is 0 Å². The molecule has 7 unspecified atom stereocenters. The van der Waals surface area contributed by atoms with Gasteiger partial charge in [-0.05, 0) is 87.4 Å². The minimum Gasteiger partial charge on any atom is -0.390 e. The highest BCUT2D eigenvalue weighted by Gasteiger charge is 2.88. The highest BCUT2D eigenvalue weighted by molar-refractivity contribution is 5.37. The zero-order valence-corrected chi connectivity index (χ0v) is 15.0. The fourth-order valence-corrected chi connectivity index (χ4v) is 8.66. The van der Waals surface area contributed by atoms with Crippen LogP contribution in [0.25, 0.3) is 0 Å². The molecule has 0 heterocycles. The second-order valence-corrected chi connectivity index (χ2v) is 9.66. The van der Waals surface area contributed by atoms with Gasteiger partial charge >= 0.3 is 0 Å². The van der Waals surface area contributed by atoms with E-state index in [9.17, 15) is 5.11 Å². The summed E-state index contributed by atoms with van der Waals surface area (Å²) in [5.41, 5.74) is 2.18. The van der Waals surface area contributed by atoms with Crippen LogP contribution in [0.15, 0.2) is 12.2 Å². The van der Waals surface area contributed by atoms with Crippen molar-refractivity contribution in [1.29, 1.82) is 0 Å². The molecule has 0 bridgehead atoms. The molecule has 124 valence electrons. The average molecular weight is 303 g/mol. The summed E-state index contributed by atoms with van der Waals surface area (Å²) in [4.78, 5) is 0. The molecule has 1 heteroatoms. The Balaban J connectivity index is 1.78. The molecule has 22 heavy (non-hydrogen) atoms. The third-order valence-electron chi connectivity index (χ3n) is 9.12. The molecule has 1 N–H and O–H groups in total. The SMILES string of the molecule is C=C(C)C1CCC2C1(C)CCC1C23CCC(C)(O)C13CCC. The van der Waals surface area contributed by atoms with Crippen LogP contribution in [-0.2, 0) is 0 Å². The zero-order chi connectivity index (χ0) is 16.0. The van der Waals surface area contributed by atoms with Crippen molar-refractivity contribution in [2.75, 3.05) is 0 Å². The van der Waals surface area contributed by atoms with E-state index in [0.717, 1.165) is 24.2 Å². The fourth-order valence-electron chi connectivity index (χ4n) is 8.66. The number of aliphatic hydroxyl groups is 1. The van der Waals surface area contributed by atoms with E-state index in [0.29, 0.717) is 10.8 Å². The zero-order valence-electron chi connectivity index (χ0n) is 15.0. The highest BCUT2D eigenvalue weighted by atomic mass is 16.3. The van der Waals surface area contributed by atoms with Crippen molar-refractivity contribution in [3.8, 4) is 0 Å². The second kappa shape index (κ2) is 4.21. The average Bonchev–Trinajstić information content (AvgIpc) is 2.71. The lowest BCUT2D eigenvalue weighted by molar-refractivity contribution is -0.0239. The molecular formula is C21H34O. The van der Waals surface area contributed by atoms with E-state index in [2.05, 4.69) is 34.3 Å². The van der Waals surface area contributed by atoms with Crippen LogP contribution in [0.2, 0.25) is 0 Å². The first-order valence-corrected chi connectivity index (χ1v) is 9.66. The molecule has 1 nitrogen and oxygen atoms in total. The molecule has 0 aromatic carbocycles. The number of rotatable bonds is 3. The van der Waals surface area contributed by atoms with E-state index in [4.69, 9.17) is 0 Å². The van der Waals surface area contributed by atoms with Crippen LogP contribution in [0.3, 0.4) is 0 Å². The second-order valence-electron chi connectivity index (χ2n) is 9.66. The summed E-state index contributed by atoms with van der Waals surface area (Å²) in [7, 11) is 0. The topological polar surface area (TPSA) is 20.2 Å². The van der Waals surface area contributed by atoms with E-state index in [-0.39, 0.29) is 5.41 Å². The van der Waals surface area contributed by atoms with Crippen LogP contribution >= 0.6 is 0 Å². The van der Waals surface area contributed by atoms with Crippen LogP contribution in [0.1, 0.15) is 79.1 Å². The van der Waals surface area contributed by atoms with Crippen molar-refractivity contribution >= 4 is 0 Å². The number of fused-ring (bicyclic) bond motifs is 2. The van der Waals surface area contributed by atoms with Gasteiger partial charge in [0, 0.05) is 5.41 Å². The van der Waals surface area contributed by atoms with Crippen LogP contribution in [0, 0.1) is 34.0 Å². The molecule has 0 aliphatic heterocycles. The maximum Gasteiger partial charge on any atom is 0.0684 e. The molecule has 0 aromatic rings. The van der Waals surface area contributed by atoms with Crippen molar-refractivity contribution in [2.45, 2.75) is 84.7 Å². The van der Waals surface area contributed by atoms with Gasteiger partial charge in [0.15, 0.2) is 0 Å². The van der Waals surface area contributed by atoms with Gasteiger partial charge in [0.05, 0.1) is 5.60 Å². The van der Waals surface area contributed by atoms with Gasteiger partial charge in [-0.15, -0.1) is 0 Å². The third-order valence-corrected chi connectivity index (χ3v) is 9.12. The Hall–Kier alpha value is -0.300. The van der Waals surface area contributed by atoms with Crippen LogP contribution in [-0.4, -0.2) is 10.7 Å². The van der Waals surface area contributed by atoms with E-state index < -0.39 is 5.60 Å². The van der Waals surface area contributed by atoms with Gasteiger partial charge in [-0.3, -0.25) is 0 Å². The largest absolute Gasteiger partial charge is 0.390 e. The number of hydrogen-bond acceptors (Lipinski definition) is 1. The maximum atomic E-state index is 11.3. The van der Waals surface area contributed by atoms with Crippen LogP contribution in [0.4, 0.5) is 0 Å². The molecule has 1 spiro atoms. The Morgan fingerprint density at radius 3 is 2.45 bits per heavy atom. The quantitative estimate of drug-likeness (QED) is 0.698. The molecule has 0 radical (unpaired) electrons. The van der Waals surface area contributed by atoms with Gasteiger partial charge in [0.1, 0.15) is 0 Å². The minimum absolute atomic E-state index is 0.251. The van der Waals surface area contributed by atoms with Crippen molar-refractivity contribution in [2.24, 2.45) is 34.0 Å². The summed E-state index contributed by atoms with van der Waals surface area (Å²) < 4.78 is 0. The summed E-state index contributed by atoms with van der Waals surface area (Å²) in [5, 5.41) is 11.3. The van der Waals surface area contributed by atoms with E-state index in [1.54, 1.807) is 0 Å². The first-order chi connectivity index (χ1) is 10.3. The van der Waals surface area contributed by atoms with Gasteiger partial charge in [0.2, 0.25) is 0 Å². The highest BCUT2D eigenvalue weighted by Crippen LogP contribution is 2.91. The fraction of sp³-hybridized carbons (Fsp3) is 0.905. The Morgan fingerprint density at radius 2 is 1.82 bits per heavy atom. The van der Waals surface area contributed by atoms with Crippen molar-refractivity contribution in [3.63, 3.8) is 0 Å². The maximum absolute atomic E-state index is 11.3. The molecular weight excluding hydrogens is 268 g/mol. The van der Waals surface area contributed by atoms with Gasteiger partial charge in [-0.25, -0.2) is 0 Å². The summed E-state index contributed by atoms with van der Waals surface area (Å²) in [6.07, 6.45) is 10.2.